The molecule has 0 atom stereocenters. The Bertz CT molecular complexity index is 415. The fourth-order valence-electron chi connectivity index (χ4n) is 1.07. The standard InChI is InChI=1S/C11H11IO4/c1-3-4-16-9-6-7(11(14)15-2)5-8(13)10(9)12/h3,5-6,13H,1,4H2,2H3. The van der Waals surface area contributed by atoms with Crippen molar-refractivity contribution in [3.63, 3.8) is 0 Å². The Morgan fingerprint density at radius 1 is 1.62 bits per heavy atom. The van der Waals surface area contributed by atoms with Crippen LogP contribution in [0.15, 0.2) is 24.8 Å². The quantitative estimate of drug-likeness (QED) is 0.522. The molecule has 0 spiro atoms. The number of rotatable bonds is 4. The van der Waals surface area contributed by atoms with Crippen LogP contribution >= 0.6 is 22.6 Å². The number of halogens is 1. The molecular weight excluding hydrogens is 323 g/mol. The average molecular weight is 334 g/mol. The number of phenolic OH excluding ortho intramolecular Hbond substituents is 1. The monoisotopic (exact) mass is 334 g/mol. The zero-order valence-corrected chi connectivity index (χ0v) is 10.9. The van der Waals surface area contributed by atoms with Crippen molar-refractivity contribution in [3.8, 4) is 11.5 Å². The highest BCUT2D eigenvalue weighted by molar-refractivity contribution is 14.1. The van der Waals surface area contributed by atoms with E-state index in [2.05, 4.69) is 11.3 Å². The Labute approximate surface area is 107 Å². The molecule has 0 fully saturated rings. The van der Waals surface area contributed by atoms with Crippen molar-refractivity contribution in [1.29, 1.82) is 0 Å². The van der Waals surface area contributed by atoms with Crippen LogP contribution in [0.5, 0.6) is 11.5 Å². The van der Waals surface area contributed by atoms with Crippen LogP contribution in [0, 0.1) is 3.57 Å². The van der Waals surface area contributed by atoms with Crippen LogP contribution in [0.4, 0.5) is 0 Å². The maximum atomic E-state index is 11.3. The highest BCUT2D eigenvalue weighted by Gasteiger charge is 2.13. The average Bonchev–Trinajstić information content (AvgIpc) is 2.29. The van der Waals surface area contributed by atoms with Gasteiger partial charge in [-0.05, 0) is 34.7 Å². The second-order valence-corrected chi connectivity index (χ2v) is 3.98. The molecule has 0 amide bonds. The summed E-state index contributed by atoms with van der Waals surface area (Å²) in [6.45, 7) is 3.83. The molecule has 0 saturated heterocycles. The van der Waals surface area contributed by atoms with Crippen LogP contribution in [0.2, 0.25) is 0 Å². The van der Waals surface area contributed by atoms with Gasteiger partial charge in [-0.1, -0.05) is 12.7 Å². The van der Waals surface area contributed by atoms with E-state index >= 15 is 0 Å². The van der Waals surface area contributed by atoms with E-state index in [1.807, 2.05) is 22.6 Å². The Morgan fingerprint density at radius 2 is 2.31 bits per heavy atom. The highest BCUT2D eigenvalue weighted by atomic mass is 127. The normalized spacial score (nSPS) is 9.62. The van der Waals surface area contributed by atoms with E-state index in [1.54, 1.807) is 6.08 Å². The second kappa shape index (κ2) is 5.74. The lowest BCUT2D eigenvalue weighted by Gasteiger charge is -2.09. The van der Waals surface area contributed by atoms with E-state index < -0.39 is 5.97 Å². The minimum absolute atomic E-state index is 0.0115. The van der Waals surface area contributed by atoms with Gasteiger partial charge in [0.05, 0.1) is 16.2 Å². The number of aromatic hydroxyl groups is 1. The fraction of sp³-hybridized carbons (Fsp3) is 0.182. The van der Waals surface area contributed by atoms with Gasteiger partial charge in [0.25, 0.3) is 0 Å². The zero-order chi connectivity index (χ0) is 12.1. The predicted molar refractivity (Wildman–Crippen MR) is 67.9 cm³/mol. The number of carbonyl (C=O) groups is 1. The molecule has 86 valence electrons. The van der Waals surface area contributed by atoms with Crippen LogP contribution in [-0.4, -0.2) is 24.8 Å². The number of esters is 1. The molecule has 0 heterocycles. The summed E-state index contributed by atoms with van der Waals surface area (Å²) >= 11 is 1.94. The summed E-state index contributed by atoms with van der Waals surface area (Å²) in [4.78, 5) is 11.3. The third-order valence-corrected chi connectivity index (χ3v) is 2.88. The summed E-state index contributed by atoms with van der Waals surface area (Å²) < 4.78 is 10.4. The number of ether oxygens (including phenoxy) is 2. The Kier molecular flexibility index (Phi) is 4.60. The van der Waals surface area contributed by atoms with Crippen molar-refractivity contribution in [2.45, 2.75) is 0 Å². The number of phenols is 1. The van der Waals surface area contributed by atoms with Crippen LogP contribution in [0.25, 0.3) is 0 Å². The van der Waals surface area contributed by atoms with Gasteiger partial charge in [0.2, 0.25) is 0 Å². The largest absolute Gasteiger partial charge is 0.507 e. The first-order valence-corrected chi connectivity index (χ1v) is 5.52. The summed E-state index contributed by atoms with van der Waals surface area (Å²) in [6.07, 6.45) is 1.58. The van der Waals surface area contributed by atoms with Crippen LogP contribution < -0.4 is 4.74 Å². The maximum Gasteiger partial charge on any atom is 0.338 e. The molecule has 1 aromatic carbocycles. The zero-order valence-electron chi connectivity index (χ0n) is 8.70. The van der Waals surface area contributed by atoms with Crippen LogP contribution in [0.1, 0.15) is 10.4 Å². The SMILES string of the molecule is C=CCOc1cc(C(=O)OC)cc(O)c1I. The van der Waals surface area contributed by atoms with E-state index in [0.717, 1.165) is 0 Å². The van der Waals surface area contributed by atoms with Crippen molar-refractivity contribution < 1.29 is 19.4 Å². The van der Waals surface area contributed by atoms with E-state index in [-0.39, 0.29) is 11.3 Å². The fourth-order valence-corrected chi connectivity index (χ4v) is 1.54. The molecule has 0 bridgehead atoms. The van der Waals surface area contributed by atoms with Crippen molar-refractivity contribution >= 4 is 28.6 Å². The molecule has 1 aromatic rings. The topological polar surface area (TPSA) is 55.8 Å². The third-order valence-electron chi connectivity index (χ3n) is 1.80. The molecule has 0 saturated carbocycles. The molecule has 0 aliphatic rings. The number of hydrogen-bond acceptors (Lipinski definition) is 4. The van der Waals surface area contributed by atoms with Crippen molar-refractivity contribution in [3.05, 3.63) is 33.9 Å². The van der Waals surface area contributed by atoms with Gasteiger partial charge in [-0.2, -0.15) is 0 Å². The highest BCUT2D eigenvalue weighted by Crippen LogP contribution is 2.31. The lowest BCUT2D eigenvalue weighted by atomic mass is 10.2. The molecule has 0 aliphatic carbocycles. The second-order valence-electron chi connectivity index (χ2n) is 2.90. The molecule has 0 aliphatic heterocycles. The van der Waals surface area contributed by atoms with Crippen molar-refractivity contribution in [1.82, 2.24) is 0 Å². The van der Waals surface area contributed by atoms with Crippen molar-refractivity contribution in [2.75, 3.05) is 13.7 Å². The van der Waals surface area contributed by atoms with Crippen molar-refractivity contribution in [2.24, 2.45) is 0 Å². The van der Waals surface area contributed by atoms with Gasteiger partial charge in [0.15, 0.2) is 0 Å². The minimum Gasteiger partial charge on any atom is -0.507 e. The lowest BCUT2D eigenvalue weighted by molar-refractivity contribution is 0.0599. The molecule has 16 heavy (non-hydrogen) atoms. The smallest absolute Gasteiger partial charge is 0.338 e. The first-order chi connectivity index (χ1) is 7.60. The molecule has 4 nitrogen and oxygen atoms in total. The van der Waals surface area contributed by atoms with Crippen LogP contribution in [-0.2, 0) is 4.74 Å². The van der Waals surface area contributed by atoms with Gasteiger partial charge in [-0.15, -0.1) is 0 Å². The van der Waals surface area contributed by atoms with Gasteiger partial charge < -0.3 is 14.6 Å². The number of hydrogen-bond donors (Lipinski definition) is 1. The first kappa shape index (κ1) is 12.8. The molecule has 1 N–H and O–H groups in total. The molecule has 0 unspecified atom stereocenters. The van der Waals surface area contributed by atoms with E-state index in [1.165, 1.54) is 19.2 Å². The first-order valence-electron chi connectivity index (χ1n) is 4.44. The van der Waals surface area contributed by atoms with E-state index in [4.69, 9.17) is 4.74 Å². The summed E-state index contributed by atoms with van der Waals surface area (Å²) in [5, 5.41) is 9.60. The minimum atomic E-state index is -0.518. The Balaban J connectivity index is 3.11. The summed E-state index contributed by atoms with van der Waals surface area (Å²) in [7, 11) is 1.28. The summed E-state index contributed by atoms with van der Waals surface area (Å²) in [5.41, 5.74) is 0.250. The van der Waals surface area contributed by atoms with Crippen LogP contribution in [0.3, 0.4) is 0 Å². The van der Waals surface area contributed by atoms with Gasteiger partial charge in [-0.25, -0.2) is 4.79 Å². The lowest BCUT2D eigenvalue weighted by Crippen LogP contribution is -2.03. The van der Waals surface area contributed by atoms with Gasteiger partial charge in [-0.3, -0.25) is 0 Å². The summed E-state index contributed by atoms with van der Waals surface area (Å²) in [6, 6.07) is 2.87. The Morgan fingerprint density at radius 3 is 2.88 bits per heavy atom. The molecule has 5 heteroatoms. The van der Waals surface area contributed by atoms with E-state index in [0.29, 0.717) is 15.9 Å². The Hall–Kier alpha value is -1.24. The molecular formula is C11H11IO4. The maximum absolute atomic E-state index is 11.3. The molecule has 0 radical (unpaired) electrons. The number of carbonyl (C=O) groups excluding carboxylic acids is 1. The van der Waals surface area contributed by atoms with E-state index in [9.17, 15) is 9.90 Å². The molecule has 0 aromatic heterocycles. The number of methoxy groups -OCH3 is 1. The van der Waals surface area contributed by atoms with Gasteiger partial charge >= 0.3 is 5.97 Å². The third kappa shape index (κ3) is 2.88. The summed E-state index contributed by atoms with van der Waals surface area (Å²) in [5.74, 6) is -0.0985. The van der Waals surface area contributed by atoms with Gasteiger partial charge in [0.1, 0.15) is 18.1 Å². The number of benzene rings is 1. The molecule has 1 rings (SSSR count). The predicted octanol–water partition coefficient (Wildman–Crippen LogP) is 2.35. The van der Waals surface area contributed by atoms with Gasteiger partial charge in [0, 0.05) is 0 Å².